The maximum absolute atomic E-state index is 11.1. The summed E-state index contributed by atoms with van der Waals surface area (Å²) < 4.78 is 4.57. The van der Waals surface area contributed by atoms with Crippen LogP contribution < -0.4 is 5.32 Å². The Hall–Kier alpha value is -1.55. The fourth-order valence-corrected chi connectivity index (χ4v) is 1.08. The summed E-state index contributed by atoms with van der Waals surface area (Å²) in [5.74, 6) is -0.347. The molecule has 0 fully saturated rings. The molecule has 0 unspecified atom stereocenters. The van der Waals surface area contributed by atoms with Gasteiger partial charge in [0.2, 0.25) is 0 Å². The van der Waals surface area contributed by atoms with E-state index in [1.165, 1.54) is 7.11 Å². The van der Waals surface area contributed by atoms with Crippen molar-refractivity contribution in [1.82, 2.24) is 10.3 Å². The van der Waals surface area contributed by atoms with E-state index in [0.717, 1.165) is 12.2 Å². The molecular weight excluding hydrogens is 180 g/mol. The van der Waals surface area contributed by atoms with E-state index in [4.69, 9.17) is 0 Å². The Bertz CT molecular complexity index is 318. The molecule has 0 spiro atoms. The number of ether oxygens (including phenoxy) is 1. The quantitative estimate of drug-likeness (QED) is 0.419. The highest BCUT2D eigenvalue weighted by atomic mass is 16.5. The van der Waals surface area contributed by atoms with E-state index in [1.807, 2.05) is 6.07 Å². The highest BCUT2D eigenvalue weighted by Crippen LogP contribution is 2.02. The maximum Gasteiger partial charge on any atom is 0.354 e. The number of hydrogen-bond acceptors (Lipinski definition) is 3. The molecule has 0 aliphatic rings. The van der Waals surface area contributed by atoms with Crippen LogP contribution in [0.4, 0.5) is 0 Å². The van der Waals surface area contributed by atoms with Gasteiger partial charge in [-0.1, -0.05) is 6.08 Å². The smallest absolute Gasteiger partial charge is 0.354 e. The lowest BCUT2D eigenvalue weighted by Gasteiger charge is -1.98. The number of hydrogen-bond donors (Lipinski definition) is 2. The minimum absolute atomic E-state index is 0.347. The first-order valence-electron chi connectivity index (χ1n) is 4.35. The Morgan fingerprint density at radius 2 is 2.50 bits per heavy atom. The number of nitrogens with one attached hydrogen (secondary N) is 2. The normalized spacial score (nSPS) is 9.79. The van der Waals surface area contributed by atoms with Gasteiger partial charge in [0.1, 0.15) is 5.69 Å². The Morgan fingerprint density at radius 3 is 3.14 bits per heavy atom. The average Bonchev–Trinajstić information content (AvgIpc) is 2.66. The maximum atomic E-state index is 11.1. The first-order chi connectivity index (χ1) is 6.77. The molecule has 0 aliphatic heterocycles. The molecular formula is C10H14N2O2. The summed E-state index contributed by atoms with van der Waals surface area (Å²) in [6, 6.07) is 3.55. The van der Waals surface area contributed by atoms with Crippen LogP contribution >= 0.6 is 0 Å². The zero-order chi connectivity index (χ0) is 10.4. The number of esters is 1. The van der Waals surface area contributed by atoms with Crippen molar-refractivity contribution in [3.63, 3.8) is 0 Å². The van der Waals surface area contributed by atoms with Crippen molar-refractivity contribution in [2.75, 3.05) is 13.7 Å². The van der Waals surface area contributed by atoms with Crippen LogP contribution in [0, 0.1) is 0 Å². The van der Waals surface area contributed by atoms with Gasteiger partial charge in [-0.15, -0.1) is 6.58 Å². The molecule has 14 heavy (non-hydrogen) atoms. The SMILES string of the molecule is C=CCNCc1ccc(C(=O)OC)[nH]1. The van der Waals surface area contributed by atoms with Gasteiger partial charge in [-0.05, 0) is 12.1 Å². The second-order valence-corrected chi connectivity index (χ2v) is 2.81. The number of carbonyl (C=O) groups excluding carboxylic acids is 1. The molecule has 76 valence electrons. The minimum Gasteiger partial charge on any atom is -0.464 e. The van der Waals surface area contributed by atoms with Gasteiger partial charge >= 0.3 is 5.97 Å². The predicted octanol–water partition coefficient (Wildman–Crippen LogP) is 1.08. The fraction of sp³-hybridized carbons (Fsp3) is 0.300. The summed E-state index contributed by atoms with van der Waals surface area (Å²) in [7, 11) is 1.36. The van der Waals surface area contributed by atoms with Gasteiger partial charge in [-0.3, -0.25) is 0 Å². The number of aromatic amines is 1. The van der Waals surface area contributed by atoms with Gasteiger partial charge in [-0.25, -0.2) is 4.79 Å². The summed E-state index contributed by atoms with van der Waals surface area (Å²) in [5.41, 5.74) is 1.43. The van der Waals surface area contributed by atoms with Crippen LogP contribution in [0.3, 0.4) is 0 Å². The number of aromatic nitrogens is 1. The molecule has 0 bridgehead atoms. The minimum atomic E-state index is -0.347. The summed E-state index contributed by atoms with van der Waals surface area (Å²) in [5, 5.41) is 3.12. The molecule has 1 aromatic heterocycles. The molecule has 0 amide bonds. The second kappa shape index (κ2) is 5.24. The first kappa shape index (κ1) is 10.5. The molecule has 0 aromatic carbocycles. The van der Waals surface area contributed by atoms with E-state index in [1.54, 1.807) is 12.1 Å². The molecule has 0 saturated carbocycles. The molecule has 1 heterocycles. The highest BCUT2D eigenvalue weighted by Gasteiger charge is 2.06. The van der Waals surface area contributed by atoms with E-state index < -0.39 is 0 Å². The van der Waals surface area contributed by atoms with Crippen LogP contribution in [0.2, 0.25) is 0 Å². The second-order valence-electron chi connectivity index (χ2n) is 2.81. The predicted molar refractivity (Wildman–Crippen MR) is 54.0 cm³/mol. The van der Waals surface area contributed by atoms with E-state index in [9.17, 15) is 4.79 Å². The van der Waals surface area contributed by atoms with Crippen LogP contribution in [-0.4, -0.2) is 24.6 Å². The molecule has 1 aromatic rings. The summed E-state index contributed by atoms with van der Waals surface area (Å²) >= 11 is 0. The third kappa shape index (κ3) is 2.74. The Labute approximate surface area is 83.0 Å². The fourth-order valence-electron chi connectivity index (χ4n) is 1.08. The van der Waals surface area contributed by atoms with Crippen molar-refractivity contribution >= 4 is 5.97 Å². The summed E-state index contributed by atoms with van der Waals surface area (Å²) in [6.07, 6.45) is 1.78. The van der Waals surface area contributed by atoms with Gasteiger partial charge in [0.05, 0.1) is 7.11 Å². The van der Waals surface area contributed by atoms with Crippen LogP contribution in [-0.2, 0) is 11.3 Å². The number of methoxy groups -OCH3 is 1. The average molecular weight is 194 g/mol. The Morgan fingerprint density at radius 1 is 1.71 bits per heavy atom. The van der Waals surface area contributed by atoms with Crippen LogP contribution in [0.25, 0.3) is 0 Å². The highest BCUT2D eigenvalue weighted by molar-refractivity contribution is 5.87. The molecule has 4 heteroatoms. The number of H-pyrrole nitrogens is 1. The van der Waals surface area contributed by atoms with Crippen LogP contribution in [0.1, 0.15) is 16.2 Å². The molecule has 4 nitrogen and oxygen atoms in total. The molecule has 0 aliphatic carbocycles. The zero-order valence-corrected chi connectivity index (χ0v) is 8.17. The lowest BCUT2D eigenvalue weighted by molar-refractivity contribution is 0.0594. The van der Waals surface area contributed by atoms with Crippen molar-refractivity contribution in [2.24, 2.45) is 0 Å². The van der Waals surface area contributed by atoms with Crippen molar-refractivity contribution in [2.45, 2.75) is 6.54 Å². The standard InChI is InChI=1S/C10H14N2O2/c1-3-6-11-7-8-4-5-9(12-8)10(13)14-2/h3-5,11-12H,1,6-7H2,2H3. The van der Waals surface area contributed by atoms with Crippen molar-refractivity contribution in [3.05, 3.63) is 36.2 Å². The van der Waals surface area contributed by atoms with Crippen molar-refractivity contribution in [1.29, 1.82) is 0 Å². The molecule has 0 radical (unpaired) electrons. The first-order valence-corrected chi connectivity index (χ1v) is 4.35. The summed E-state index contributed by atoms with van der Waals surface area (Å²) in [6.45, 7) is 5.02. The van der Waals surface area contributed by atoms with E-state index >= 15 is 0 Å². The van der Waals surface area contributed by atoms with Gasteiger partial charge in [-0.2, -0.15) is 0 Å². The lowest BCUT2D eigenvalue weighted by atomic mass is 10.4. The molecule has 1 rings (SSSR count). The molecule has 0 saturated heterocycles. The summed E-state index contributed by atoms with van der Waals surface area (Å²) in [4.78, 5) is 14.0. The molecule has 0 atom stereocenters. The monoisotopic (exact) mass is 194 g/mol. The molecule has 2 N–H and O–H groups in total. The van der Waals surface area contributed by atoms with E-state index in [2.05, 4.69) is 21.6 Å². The topological polar surface area (TPSA) is 54.1 Å². The van der Waals surface area contributed by atoms with E-state index in [-0.39, 0.29) is 5.97 Å². The van der Waals surface area contributed by atoms with Crippen LogP contribution in [0.15, 0.2) is 24.8 Å². The van der Waals surface area contributed by atoms with E-state index in [0.29, 0.717) is 12.2 Å². The van der Waals surface area contributed by atoms with Crippen LogP contribution in [0.5, 0.6) is 0 Å². The Balaban J connectivity index is 2.50. The van der Waals surface area contributed by atoms with Crippen molar-refractivity contribution in [3.8, 4) is 0 Å². The van der Waals surface area contributed by atoms with Crippen molar-refractivity contribution < 1.29 is 9.53 Å². The van der Waals surface area contributed by atoms with Gasteiger partial charge in [0.25, 0.3) is 0 Å². The lowest BCUT2D eigenvalue weighted by Crippen LogP contribution is -2.13. The zero-order valence-electron chi connectivity index (χ0n) is 8.17. The van der Waals surface area contributed by atoms with Gasteiger partial charge < -0.3 is 15.0 Å². The number of rotatable bonds is 5. The third-order valence-electron chi connectivity index (χ3n) is 1.76. The third-order valence-corrected chi connectivity index (χ3v) is 1.76. The number of carbonyl (C=O) groups is 1. The van der Waals surface area contributed by atoms with Gasteiger partial charge in [0.15, 0.2) is 0 Å². The van der Waals surface area contributed by atoms with Gasteiger partial charge in [0, 0.05) is 18.8 Å². The Kier molecular flexibility index (Phi) is 3.94. The largest absolute Gasteiger partial charge is 0.464 e.